The van der Waals surface area contributed by atoms with Gasteiger partial charge in [-0.3, -0.25) is 4.21 Å². The van der Waals surface area contributed by atoms with Gasteiger partial charge < -0.3 is 9.29 Å². The Morgan fingerprint density at radius 3 is 2.41 bits per heavy atom. The average Bonchev–Trinajstić information content (AvgIpc) is 2.30. The van der Waals surface area contributed by atoms with Crippen molar-refractivity contribution >= 4 is 16.8 Å². The van der Waals surface area contributed by atoms with Crippen LogP contribution in [-0.2, 0) is 15.8 Å². The van der Waals surface area contributed by atoms with Crippen LogP contribution in [0.3, 0.4) is 0 Å². The normalized spacial score (nSPS) is 13.8. The minimum absolute atomic E-state index is 0.285. The molecular weight excluding hydrogens is 236 g/mol. The summed E-state index contributed by atoms with van der Waals surface area (Å²) >= 11 is -2.17. The average molecular weight is 253 g/mol. The zero-order valence-corrected chi connectivity index (χ0v) is 11.1. The van der Waals surface area contributed by atoms with Gasteiger partial charge in [-0.25, -0.2) is 0 Å². The number of allylic oxidation sites excluding steroid dienone is 1. The highest BCUT2D eigenvalue weighted by atomic mass is 32.2. The molecule has 0 aliphatic carbocycles. The van der Waals surface area contributed by atoms with Gasteiger partial charge in [-0.15, -0.1) is 0 Å². The van der Waals surface area contributed by atoms with Gasteiger partial charge in [0.25, 0.3) is 0 Å². The summed E-state index contributed by atoms with van der Waals surface area (Å²) in [4.78, 5) is 0.285. The van der Waals surface area contributed by atoms with Crippen LogP contribution in [0.15, 0.2) is 35.2 Å². The third-order valence-electron chi connectivity index (χ3n) is 2.33. The molecule has 1 aromatic carbocycles. The molecule has 0 saturated carbocycles. The second-order valence-electron chi connectivity index (χ2n) is 4.16. The van der Waals surface area contributed by atoms with E-state index in [1.54, 1.807) is 31.4 Å². The van der Waals surface area contributed by atoms with Crippen molar-refractivity contribution in [1.82, 2.24) is 0 Å². The van der Waals surface area contributed by atoms with Gasteiger partial charge in [-0.2, -0.15) is 0 Å². The molecular formula is C13H17O3S-. The van der Waals surface area contributed by atoms with Crippen LogP contribution >= 0.6 is 0 Å². The zero-order chi connectivity index (χ0) is 12.8. The van der Waals surface area contributed by atoms with Crippen LogP contribution in [0.5, 0.6) is 0 Å². The maximum absolute atomic E-state index is 10.7. The van der Waals surface area contributed by atoms with Crippen LogP contribution in [0.25, 0.3) is 5.76 Å². The predicted octanol–water partition coefficient (Wildman–Crippen LogP) is 2.96. The SMILES string of the molecule is CO/C(=C/CC(C)C)c1ccc(S(=O)[O-])cc1. The summed E-state index contributed by atoms with van der Waals surface area (Å²) < 4.78 is 26.7. The van der Waals surface area contributed by atoms with Crippen molar-refractivity contribution in [2.24, 2.45) is 5.92 Å². The quantitative estimate of drug-likeness (QED) is 0.598. The lowest BCUT2D eigenvalue weighted by molar-refractivity contribution is 0.367. The number of ether oxygens (including phenoxy) is 1. The Kier molecular flexibility index (Phi) is 5.38. The standard InChI is InChI=1S/C13H18O3S/c1-10(2)4-9-13(16-3)11-5-7-12(8-6-11)17(14)15/h5-10H,4H2,1-3H3,(H,14,15)/p-1/b13-9+. The minimum Gasteiger partial charge on any atom is -0.768 e. The Morgan fingerprint density at radius 1 is 1.41 bits per heavy atom. The minimum atomic E-state index is -2.17. The molecule has 0 radical (unpaired) electrons. The second-order valence-corrected chi connectivity index (χ2v) is 5.10. The van der Waals surface area contributed by atoms with E-state index in [0.717, 1.165) is 17.7 Å². The number of rotatable bonds is 5. The predicted molar refractivity (Wildman–Crippen MR) is 68.1 cm³/mol. The summed E-state index contributed by atoms with van der Waals surface area (Å²) in [5.74, 6) is 1.34. The van der Waals surface area contributed by atoms with Crippen molar-refractivity contribution in [3.05, 3.63) is 35.9 Å². The van der Waals surface area contributed by atoms with Crippen molar-refractivity contribution < 1.29 is 13.5 Å². The van der Waals surface area contributed by atoms with Crippen molar-refractivity contribution in [1.29, 1.82) is 0 Å². The molecule has 0 heterocycles. The van der Waals surface area contributed by atoms with E-state index in [9.17, 15) is 8.76 Å². The molecule has 0 aliphatic rings. The summed E-state index contributed by atoms with van der Waals surface area (Å²) in [7, 11) is 1.62. The largest absolute Gasteiger partial charge is 0.768 e. The first kappa shape index (κ1) is 13.9. The molecule has 1 atom stereocenters. The summed E-state index contributed by atoms with van der Waals surface area (Å²) in [6.45, 7) is 4.26. The molecule has 0 aromatic heterocycles. The molecule has 94 valence electrons. The Hall–Kier alpha value is -1.13. The Labute approximate surface area is 105 Å². The summed E-state index contributed by atoms with van der Waals surface area (Å²) in [6.07, 6.45) is 2.95. The van der Waals surface area contributed by atoms with Gasteiger partial charge in [0.1, 0.15) is 5.76 Å². The molecule has 0 N–H and O–H groups in total. The molecule has 0 saturated heterocycles. The smallest absolute Gasteiger partial charge is 0.122 e. The molecule has 0 bridgehead atoms. The topological polar surface area (TPSA) is 49.4 Å². The number of hydrogen-bond donors (Lipinski definition) is 0. The number of benzene rings is 1. The molecule has 4 heteroatoms. The second kappa shape index (κ2) is 6.57. The van der Waals surface area contributed by atoms with E-state index in [2.05, 4.69) is 13.8 Å². The molecule has 1 unspecified atom stereocenters. The van der Waals surface area contributed by atoms with E-state index in [-0.39, 0.29) is 4.90 Å². The van der Waals surface area contributed by atoms with Crippen LogP contribution < -0.4 is 0 Å². The van der Waals surface area contributed by atoms with Gasteiger partial charge in [0.05, 0.1) is 7.11 Å². The van der Waals surface area contributed by atoms with Crippen molar-refractivity contribution in [2.75, 3.05) is 7.11 Å². The van der Waals surface area contributed by atoms with E-state index in [1.165, 1.54) is 0 Å². The number of hydrogen-bond acceptors (Lipinski definition) is 3. The van der Waals surface area contributed by atoms with E-state index >= 15 is 0 Å². The molecule has 3 nitrogen and oxygen atoms in total. The van der Waals surface area contributed by atoms with Gasteiger partial charge in [-0.05, 0) is 41.6 Å². The van der Waals surface area contributed by atoms with Gasteiger partial charge in [0, 0.05) is 10.5 Å². The first-order chi connectivity index (χ1) is 8.04. The first-order valence-corrected chi connectivity index (χ1v) is 6.56. The Morgan fingerprint density at radius 2 is 2.00 bits per heavy atom. The molecule has 0 aliphatic heterocycles. The Bertz CT molecular complexity index is 407. The molecule has 0 fully saturated rings. The van der Waals surface area contributed by atoms with Crippen LogP contribution in [0.2, 0.25) is 0 Å². The van der Waals surface area contributed by atoms with Crippen molar-refractivity contribution in [3.63, 3.8) is 0 Å². The molecule has 0 amide bonds. The van der Waals surface area contributed by atoms with Crippen LogP contribution in [0, 0.1) is 5.92 Å². The highest BCUT2D eigenvalue weighted by Crippen LogP contribution is 2.18. The maximum atomic E-state index is 10.7. The lowest BCUT2D eigenvalue weighted by atomic mass is 10.1. The molecule has 1 rings (SSSR count). The highest BCUT2D eigenvalue weighted by Gasteiger charge is 2.02. The zero-order valence-electron chi connectivity index (χ0n) is 10.3. The number of methoxy groups -OCH3 is 1. The third-order valence-corrected chi connectivity index (χ3v) is 2.98. The fraction of sp³-hybridized carbons (Fsp3) is 0.385. The van der Waals surface area contributed by atoms with Crippen LogP contribution in [-0.4, -0.2) is 15.9 Å². The molecule has 0 spiro atoms. The first-order valence-electron chi connectivity index (χ1n) is 5.48. The van der Waals surface area contributed by atoms with Gasteiger partial charge >= 0.3 is 0 Å². The van der Waals surface area contributed by atoms with E-state index in [0.29, 0.717) is 5.92 Å². The molecule has 1 aromatic rings. The van der Waals surface area contributed by atoms with Gasteiger partial charge in [0.2, 0.25) is 0 Å². The molecule has 17 heavy (non-hydrogen) atoms. The lowest BCUT2D eigenvalue weighted by Crippen LogP contribution is -1.92. The fourth-order valence-corrected chi connectivity index (χ4v) is 1.75. The van der Waals surface area contributed by atoms with Crippen LogP contribution in [0.1, 0.15) is 25.8 Å². The lowest BCUT2D eigenvalue weighted by Gasteiger charge is -2.09. The van der Waals surface area contributed by atoms with Crippen molar-refractivity contribution in [3.8, 4) is 0 Å². The van der Waals surface area contributed by atoms with Crippen LogP contribution in [0.4, 0.5) is 0 Å². The summed E-state index contributed by atoms with van der Waals surface area (Å²) in [5, 5.41) is 0. The van der Waals surface area contributed by atoms with Gasteiger partial charge in [0.15, 0.2) is 0 Å². The van der Waals surface area contributed by atoms with Crippen molar-refractivity contribution in [2.45, 2.75) is 25.2 Å². The van der Waals surface area contributed by atoms with E-state index < -0.39 is 11.1 Å². The summed E-state index contributed by atoms with van der Waals surface area (Å²) in [6, 6.07) is 6.64. The highest BCUT2D eigenvalue weighted by molar-refractivity contribution is 7.79. The summed E-state index contributed by atoms with van der Waals surface area (Å²) in [5.41, 5.74) is 0.891. The maximum Gasteiger partial charge on any atom is 0.122 e. The van der Waals surface area contributed by atoms with Gasteiger partial charge in [-0.1, -0.05) is 26.0 Å². The Balaban J connectivity index is 2.89. The monoisotopic (exact) mass is 253 g/mol. The third kappa shape index (κ3) is 4.32. The fourth-order valence-electron chi connectivity index (χ4n) is 1.39. The van der Waals surface area contributed by atoms with E-state index in [4.69, 9.17) is 4.74 Å². The van der Waals surface area contributed by atoms with E-state index in [1.807, 2.05) is 6.08 Å².